The molecule has 0 saturated carbocycles. The van der Waals surface area contributed by atoms with Crippen LogP contribution in [0.15, 0.2) is 36.9 Å². The van der Waals surface area contributed by atoms with Gasteiger partial charge in [-0.05, 0) is 25.5 Å². The van der Waals surface area contributed by atoms with Gasteiger partial charge in [-0.15, -0.1) is 11.3 Å². The number of hydrogen-bond donors (Lipinski definition) is 1. The summed E-state index contributed by atoms with van der Waals surface area (Å²) in [6.45, 7) is 2.44. The van der Waals surface area contributed by atoms with Crippen molar-refractivity contribution in [1.82, 2.24) is 25.1 Å². The minimum atomic E-state index is -0.343. The molecule has 0 spiro atoms. The number of para-hydroxylation sites is 1. The molecule has 0 radical (unpaired) electrons. The van der Waals surface area contributed by atoms with Crippen molar-refractivity contribution in [2.75, 3.05) is 6.54 Å². The second-order valence-electron chi connectivity index (χ2n) is 5.02. The van der Waals surface area contributed by atoms with Crippen molar-refractivity contribution in [3.63, 3.8) is 0 Å². The monoisotopic (exact) mass is 315 g/mol. The summed E-state index contributed by atoms with van der Waals surface area (Å²) in [4.78, 5) is 20.4. The molecule has 1 N–H and O–H groups in total. The number of benzene rings is 1. The summed E-state index contributed by atoms with van der Waals surface area (Å²) in [5, 5.41) is 8.01. The minimum Gasteiger partial charge on any atom is -0.354 e. The molecule has 1 aromatic carbocycles. The predicted molar refractivity (Wildman–Crippen MR) is 85.7 cm³/mol. The van der Waals surface area contributed by atoms with Crippen LogP contribution in [0.3, 0.4) is 0 Å². The molecule has 7 heteroatoms. The fraction of sp³-hybridized carbons (Fsp3) is 0.333. The molecular weight excluding hydrogens is 298 g/mol. The molecule has 0 aliphatic heterocycles. The molecule has 2 heterocycles. The highest BCUT2D eigenvalue weighted by molar-refractivity contribution is 7.18. The molecule has 0 aliphatic carbocycles. The normalized spacial score (nSPS) is 12.4. The van der Waals surface area contributed by atoms with Gasteiger partial charge >= 0.3 is 0 Å². The van der Waals surface area contributed by atoms with E-state index in [-0.39, 0.29) is 11.9 Å². The summed E-state index contributed by atoms with van der Waals surface area (Å²) in [6.07, 6.45) is 4.72. The maximum atomic E-state index is 12.0. The third-order valence-electron chi connectivity index (χ3n) is 3.42. The fourth-order valence-electron chi connectivity index (χ4n) is 2.16. The molecule has 114 valence electrons. The fourth-order valence-corrected chi connectivity index (χ4v) is 3.17. The molecule has 2 aromatic heterocycles. The van der Waals surface area contributed by atoms with Crippen LogP contribution in [0.1, 0.15) is 24.4 Å². The zero-order valence-electron chi connectivity index (χ0n) is 12.3. The van der Waals surface area contributed by atoms with Gasteiger partial charge in [0.15, 0.2) is 0 Å². The van der Waals surface area contributed by atoms with Crippen molar-refractivity contribution in [2.45, 2.75) is 25.8 Å². The van der Waals surface area contributed by atoms with E-state index in [4.69, 9.17) is 0 Å². The van der Waals surface area contributed by atoms with E-state index in [2.05, 4.69) is 26.4 Å². The quantitative estimate of drug-likeness (QED) is 0.708. The van der Waals surface area contributed by atoms with Crippen molar-refractivity contribution < 1.29 is 4.79 Å². The number of nitrogens with one attached hydrogen (secondary N) is 1. The number of aromatic nitrogens is 4. The largest absolute Gasteiger partial charge is 0.354 e. The number of rotatable bonds is 6. The van der Waals surface area contributed by atoms with Crippen LogP contribution in [0.5, 0.6) is 0 Å². The van der Waals surface area contributed by atoms with Gasteiger partial charge < -0.3 is 5.32 Å². The van der Waals surface area contributed by atoms with Crippen LogP contribution in [-0.4, -0.2) is 32.2 Å². The van der Waals surface area contributed by atoms with Gasteiger partial charge in [-0.1, -0.05) is 12.1 Å². The van der Waals surface area contributed by atoms with Gasteiger partial charge in [0.05, 0.1) is 15.2 Å². The van der Waals surface area contributed by atoms with Gasteiger partial charge in [0.25, 0.3) is 0 Å². The van der Waals surface area contributed by atoms with E-state index in [0.717, 1.165) is 23.4 Å². The van der Waals surface area contributed by atoms with Crippen molar-refractivity contribution in [1.29, 1.82) is 0 Å². The van der Waals surface area contributed by atoms with Crippen LogP contribution in [0.2, 0.25) is 0 Å². The lowest BCUT2D eigenvalue weighted by Crippen LogP contribution is -2.32. The lowest BCUT2D eigenvalue weighted by molar-refractivity contribution is -0.124. The first-order chi connectivity index (χ1) is 10.7. The van der Waals surface area contributed by atoms with Gasteiger partial charge in [0.1, 0.15) is 18.7 Å². The Labute approximate surface area is 132 Å². The maximum absolute atomic E-state index is 12.0. The van der Waals surface area contributed by atoms with Crippen LogP contribution >= 0.6 is 11.3 Å². The van der Waals surface area contributed by atoms with E-state index in [9.17, 15) is 4.79 Å². The average molecular weight is 315 g/mol. The predicted octanol–water partition coefficient (Wildman–Crippen LogP) is 2.20. The molecule has 6 nitrogen and oxygen atoms in total. The summed E-state index contributed by atoms with van der Waals surface area (Å²) in [5.74, 6) is -0.0465. The van der Waals surface area contributed by atoms with E-state index >= 15 is 0 Å². The Kier molecular flexibility index (Phi) is 4.43. The average Bonchev–Trinajstić information content (AvgIpc) is 3.19. The maximum Gasteiger partial charge on any atom is 0.244 e. The lowest BCUT2D eigenvalue weighted by atomic mass is 10.3. The molecule has 1 unspecified atom stereocenters. The van der Waals surface area contributed by atoms with Gasteiger partial charge in [-0.25, -0.2) is 14.6 Å². The second-order valence-corrected chi connectivity index (χ2v) is 6.14. The number of hydrogen-bond acceptors (Lipinski definition) is 5. The van der Waals surface area contributed by atoms with Crippen LogP contribution in [-0.2, 0) is 11.2 Å². The van der Waals surface area contributed by atoms with Crippen LogP contribution in [0.25, 0.3) is 10.2 Å². The van der Waals surface area contributed by atoms with E-state index in [1.807, 2.05) is 18.2 Å². The Hall–Kier alpha value is -2.28. The Morgan fingerprint density at radius 1 is 1.41 bits per heavy atom. The van der Waals surface area contributed by atoms with E-state index in [0.29, 0.717) is 6.54 Å². The Bertz CT molecular complexity index is 719. The summed E-state index contributed by atoms with van der Waals surface area (Å²) < 4.78 is 2.75. The Balaban J connectivity index is 1.46. The number of thiazole rings is 1. The summed E-state index contributed by atoms with van der Waals surface area (Å²) >= 11 is 1.71. The third kappa shape index (κ3) is 3.30. The molecule has 22 heavy (non-hydrogen) atoms. The highest BCUT2D eigenvalue weighted by atomic mass is 32.1. The second kappa shape index (κ2) is 6.65. The number of fused-ring (bicyclic) bond motifs is 1. The minimum absolute atomic E-state index is 0.0465. The molecule has 1 atom stereocenters. The van der Waals surface area contributed by atoms with E-state index < -0.39 is 0 Å². The molecule has 3 aromatic rings. The molecule has 0 aliphatic rings. The SMILES string of the molecule is CC(C(=O)NCCCc1nc2ccccc2s1)n1cncn1. The summed E-state index contributed by atoms with van der Waals surface area (Å²) in [5.41, 5.74) is 1.05. The smallest absolute Gasteiger partial charge is 0.244 e. The molecule has 1 amide bonds. The van der Waals surface area contributed by atoms with E-state index in [1.54, 1.807) is 29.3 Å². The standard InChI is InChI=1S/C15H17N5OS/c1-11(20-10-16-9-18-20)15(21)17-8-4-7-14-19-12-5-2-3-6-13(12)22-14/h2-3,5-6,9-11H,4,7-8H2,1H3,(H,17,21). The molecular formula is C15H17N5OS. The lowest BCUT2D eigenvalue weighted by Gasteiger charge is -2.11. The number of amides is 1. The number of aryl methyl sites for hydroxylation is 1. The Morgan fingerprint density at radius 2 is 2.27 bits per heavy atom. The zero-order valence-corrected chi connectivity index (χ0v) is 13.1. The van der Waals surface area contributed by atoms with Gasteiger partial charge in [0, 0.05) is 13.0 Å². The first-order valence-corrected chi connectivity index (χ1v) is 8.02. The van der Waals surface area contributed by atoms with Crippen molar-refractivity contribution in [2.24, 2.45) is 0 Å². The number of carbonyl (C=O) groups is 1. The number of carbonyl (C=O) groups excluding carboxylic acids is 1. The van der Waals surface area contributed by atoms with Gasteiger partial charge in [-0.3, -0.25) is 4.79 Å². The molecule has 3 rings (SSSR count). The first-order valence-electron chi connectivity index (χ1n) is 7.20. The van der Waals surface area contributed by atoms with E-state index in [1.165, 1.54) is 11.0 Å². The summed E-state index contributed by atoms with van der Waals surface area (Å²) in [6, 6.07) is 7.78. The highest BCUT2D eigenvalue weighted by Crippen LogP contribution is 2.22. The van der Waals surface area contributed by atoms with Crippen LogP contribution in [0, 0.1) is 0 Å². The van der Waals surface area contributed by atoms with Crippen molar-refractivity contribution in [3.05, 3.63) is 41.9 Å². The van der Waals surface area contributed by atoms with Crippen molar-refractivity contribution in [3.8, 4) is 0 Å². The molecule has 0 fully saturated rings. The van der Waals surface area contributed by atoms with Gasteiger partial charge in [-0.2, -0.15) is 5.10 Å². The first kappa shape index (κ1) is 14.6. The van der Waals surface area contributed by atoms with Gasteiger partial charge in [0.2, 0.25) is 5.91 Å². The molecule has 0 saturated heterocycles. The summed E-state index contributed by atoms with van der Waals surface area (Å²) in [7, 11) is 0. The van der Waals surface area contributed by atoms with Crippen LogP contribution < -0.4 is 5.32 Å². The Morgan fingerprint density at radius 3 is 3.05 bits per heavy atom. The molecule has 0 bridgehead atoms. The number of nitrogens with zero attached hydrogens (tertiary/aromatic N) is 4. The van der Waals surface area contributed by atoms with Crippen LogP contribution in [0.4, 0.5) is 0 Å². The van der Waals surface area contributed by atoms with Crippen molar-refractivity contribution >= 4 is 27.5 Å². The zero-order chi connectivity index (χ0) is 15.4. The topological polar surface area (TPSA) is 72.7 Å². The third-order valence-corrected chi connectivity index (χ3v) is 4.51. The highest BCUT2D eigenvalue weighted by Gasteiger charge is 2.14.